The van der Waals surface area contributed by atoms with Gasteiger partial charge >= 0.3 is 0 Å². The lowest BCUT2D eigenvalue weighted by Gasteiger charge is -2.07. The summed E-state index contributed by atoms with van der Waals surface area (Å²) in [5.41, 5.74) is 5.97. The van der Waals surface area contributed by atoms with E-state index in [-0.39, 0.29) is 5.84 Å². The minimum atomic E-state index is -0.0886. The summed E-state index contributed by atoms with van der Waals surface area (Å²) < 4.78 is 5.25. The molecule has 0 aliphatic heterocycles. The highest BCUT2D eigenvalue weighted by Crippen LogP contribution is 2.32. The standard InChI is InChI=1S/C10H9ClN4OS/c1-5-14-15-10(16-5)17-7-4-2-3-6(11)8(7)9(12)13/h2-4H,1H3,(H3,12,13). The van der Waals surface area contributed by atoms with Gasteiger partial charge in [-0.2, -0.15) is 0 Å². The summed E-state index contributed by atoms with van der Waals surface area (Å²) >= 11 is 7.23. The molecule has 2 rings (SSSR count). The number of rotatable bonds is 3. The zero-order valence-corrected chi connectivity index (χ0v) is 10.5. The Kier molecular flexibility index (Phi) is 3.35. The Morgan fingerprint density at radius 3 is 2.82 bits per heavy atom. The van der Waals surface area contributed by atoms with E-state index in [4.69, 9.17) is 27.2 Å². The third-order valence-electron chi connectivity index (χ3n) is 1.95. The third-order valence-corrected chi connectivity index (χ3v) is 3.16. The van der Waals surface area contributed by atoms with Crippen molar-refractivity contribution in [2.75, 3.05) is 0 Å². The molecule has 0 bridgehead atoms. The molecule has 1 heterocycles. The second-order valence-electron chi connectivity index (χ2n) is 3.22. The molecule has 0 aliphatic rings. The lowest BCUT2D eigenvalue weighted by atomic mass is 10.2. The van der Waals surface area contributed by atoms with Crippen LogP contribution in [-0.2, 0) is 0 Å². The lowest BCUT2D eigenvalue weighted by Crippen LogP contribution is -2.12. The zero-order chi connectivity index (χ0) is 12.4. The molecule has 0 fully saturated rings. The molecule has 0 saturated heterocycles. The number of nitrogens with two attached hydrogens (primary N) is 1. The molecule has 1 aromatic heterocycles. The van der Waals surface area contributed by atoms with Crippen LogP contribution in [0.3, 0.4) is 0 Å². The predicted molar refractivity (Wildman–Crippen MR) is 65.6 cm³/mol. The predicted octanol–water partition coefficient (Wildman–Crippen LogP) is 2.47. The number of nitrogens with one attached hydrogen (secondary N) is 1. The molecule has 0 radical (unpaired) electrons. The van der Waals surface area contributed by atoms with Crippen LogP contribution < -0.4 is 5.73 Å². The maximum atomic E-state index is 7.50. The first-order valence-electron chi connectivity index (χ1n) is 4.69. The Hall–Kier alpha value is -1.53. The highest BCUT2D eigenvalue weighted by atomic mass is 35.5. The molecular formula is C10H9ClN4OS. The number of hydrogen-bond donors (Lipinski definition) is 2. The maximum Gasteiger partial charge on any atom is 0.281 e. The summed E-state index contributed by atoms with van der Waals surface area (Å²) in [5.74, 6) is 0.397. The van der Waals surface area contributed by atoms with Crippen molar-refractivity contribution in [2.45, 2.75) is 17.0 Å². The number of aromatic nitrogens is 2. The number of amidine groups is 1. The Balaban J connectivity index is 2.39. The fourth-order valence-electron chi connectivity index (χ4n) is 1.26. The molecule has 2 aromatic rings. The first-order chi connectivity index (χ1) is 8.08. The molecule has 1 aromatic carbocycles. The molecule has 0 unspecified atom stereocenters. The largest absolute Gasteiger partial charge is 0.416 e. The van der Waals surface area contributed by atoms with E-state index in [1.54, 1.807) is 25.1 Å². The Labute approximate surface area is 107 Å². The summed E-state index contributed by atoms with van der Waals surface area (Å²) in [7, 11) is 0. The van der Waals surface area contributed by atoms with Gasteiger partial charge in [0.15, 0.2) is 0 Å². The van der Waals surface area contributed by atoms with Gasteiger partial charge in [0.1, 0.15) is 5.84 Å². The van der Waals surface area contributed by atoms with Crippen LogP contribution in [-0.4, -0.2) is 16.0 Å². The van der Waals surface area contributed by atoms with Gasteiger partial charge in [-0.05, 0) is 23.9 Å². The molecule has 17 heavy (non-hydrogen) atoms. The zero-order valence-electron chi connectivity index (χ0n) is 8.90. The number of halogens is 1. The average molecular weight is 269 g/mol. The van der Waals surface area contributed by atoms with Crippen molar-refractivity contribution in [1.82, 2.24) is 10.2 Å². The van der Waals surface area contributed by atoms with Gasteiger partial charge < -0.3 is 10.2 Å². The van der Waals surface area contributed by atoms with Gasteiger partial charge in [-0.3, -0.25) is 5.41 Å². The smallest absolute Gasteiger partial charge is 0.281 e. The van der Waals surface area contributed by atoms with Gasteiger partial charge in [-0.1, -0.05) is 17.7 Å². The molecule has 0 aliphatic carbocycles. The molecule has 7 heteroatoms. The maximum absolute atomic E-state index is 7.50. The highest BCUT2D eigenvalue weighted by Gasteiger charge is 2.13. The van der Waals surface area contributed by atoms with Gasteiger partial charge in [-0.25, -0.2) is 0 Å². The van der Waals surface area contributed by atoms with Crippen LogP contribution in [0.15, 0.2) is 32.7 Å². The molecule has 0 saturated carbocycles. The molecule has 0 spiro atoms. The molecule has 0 amide bonds. The van der Waals surface area contributed by atoms with Crippen molar-refractivity contribution < 1.29 is 4.42 Å². The van der Waals surface area contributed by atoms with E-state index in [9.17, 15) is 0 Å². The minimum Gasteiger partial charge on any atom is -0.416 e. The van der Waals surface area contributed by atoms with Crippen molar-refractivity contribution in [2.24, 2.45) is 5.73 Å². The van der Waals surface area contributed by atoms with Crippen LogP contribution in [0.5, 0.6) is 0 Å². The topological polar surface area (TPSA) is 88.8 Å². The molecule has 5 nitrogen and oxygen atoms in total. The average Bonchev–Trinajstić information content (AvgIpc) is 2.63. The monoisotopic (exact) mass is 268 g/mol. The Bertz CT molecular complexity index is 569. The summed E-state index contributed by atoms with van der Waals surface area (Å²) in [6.45, 7) is 1.71. The van der Waals surface area contributed by atoms with Crippen LogP contribution in [0.4, 0.5) is 0 Å². The normalized spacial score (nSPS) is 10.5. The van der Waals surface area contributed by atoms with Crippen molar-refractivity contribution in [1.29, 1.82) is 5.41 Å². The van der Waals surface area contributed by atoms with Crippen molar-refractivity contribution in [3.63, 3.8) is 0 Å². The highest BCUT2D eigenvalue weighted by molar-refractivity contribution is 7.99. The van der Waals surface area contributed by atoms with Crippen molar-refractivity contribution >= 4 is 29.2 Å². The van der Waals surface area contributed by atoms with E-state index in [2.05, 4.69) is 10.2 Å². The second kappa shape index (κ2) is 4.77. The van der Waals surface area contributed by atoms with Crippen LogP contribution >= 0.6 is 23.4 Å². The molecule has 88 valence electrons. The Morgan fingerprint density at radius 2 is 2.24 bits per heavy atom. The first kappa shape index (κ1) is 11.9. The number of aryl methyl sites for hydroxylation is 1. The van der Waals surface area contributed by atoms with Crippen LogP contribution in [0, 0.1) is 12.3 Å². The van der Waals surface area contributed by atoms with E-state index in [0.717, 1.165) is 0 Å². The summed E-state index contributed by atoms with van der Waals surface area (Å²) in [5, 5.41) is 15.9. The first-order valence-corrected chi connectivity index (χ1v) is 5.88. The number of hydrogen-bond acceptors (Lipinski definition) is 5. The molecule has 3 N–H and O–H groups in total. The number of benzene rings is 1. The molecular weight excluding hydrogens is 260 g/mol. The van der Waals surface area contributed by atoms with Crippen LogP contribution in [0.2, 0.25) is 5.02 Å². The Morgan fingerprint density at radius 1 is 1.47 bits per heavy atom. The molecule has 0 atom stereocenters. The van der Waals surface area contributed by atoms with Crippen LogP contribution in [0.1, 0.15) is 11.5 Å². The summed E-state index contributed by atoms with van der Waals surface area (Å²) in [4.78, 5) is 0.716. The van der Waals surface area contributed by atoms with Gasteiger partial charge in [-0.15, -0.1) is 10.2 Å². The van der Waals surface area contributed by atoms with E-state index >= 15 is 0 Å². The van der Waals surface area contributed by atoms with E-state index in [1.165, 1.54) is 11.8 Å². The van der Waals surface area contributed by atoms with Crippen molar-refractivity contribution in [3.8, 4) is 0 Å². The number of nitrogen functional groups attached to an aromatic ring is 1. The van der Waals surface area contributed by atoms with Crippen LogP contribution in [0.25, 0.3) is 0 Å². The van der Waals surface area contributed by atoms with Gasteiger partial charge in [0.2, 0.25) is 5.89 Å². The van der Waals surface area contributed by atoms with E-state index < -0.39 is 0 Å². The minimum absolute atomic E-state index is 0.0886. The van der Waals surface area contributed by atoms with Gasteiger partial charge in [0, 0.05) is 17.4 Å². The van der Waals surface area contributed by atoms with Gasteiger partial charge in [0.25, 0.3) is 5.22 Å². The summed E-state index contributed by atoms with van der Waals surface area (Å²) in [6, 6.07) is 5.26. The van der Waals surface area contributed by atoms with Gasteiger partial charge in [0.05, 0.1) is 5.02 Å². The second-order valence-corrected chi connectivity index (χ2v) is 4.62. The summed E-state index contributed by atoms with van der Waals surface area (Å²) in [6.07, 6.45) is 0. The fourth-order valence-corrected chi connectivity index (χ4v) is 2.50. The van der Waals surface area contributed by atoms with Crippen molar-refractivity contribution in [3.05, 3.63) is 34.7 Å². The lowest BCUT2D eigenvalue weighted by molar-refractivity contribution is 0.429. The number of nitrogens with zero attached hydrogens (tertiary/aromatic N) is 2. The quantitative estimate of drug-likeness (QED) is 0.659. The SMILES string of the molecule is Cc1nnc(Sc2cccc(Cl)c2C(=N)N)o1. The fraction of sp³-hybridized carbons (Fsp3) is 0.100. The third kappa shape index (κ3) is 2.59. The van der Waals surface area contributed by atoms with E-state index in [0.29, 0.717) is 26.6 Å². The van der Waals surface area contributed by atoms with E-state index in [1.807, 2.05) is 0 Å².